The average Bonchev–Trinajstić information content (AvgIpc) is 3.42. The van der Waals surface area contributed by atoms with Crippen LogP contribution >= 0.6 is 22.9 Å². The number of nitrogens with zero attached hydrogens (tertiary/aromatic N) is 6. The van der Waals surface area contributed by atoms with E-state index in [1.54, 1.807) is 0 Å². The molecule has 0 spiro atoms. The van der Waals surface area contributed by atoms with Crippen LogP contribution in [0.2, 0.25) is 0 Å². The van der Waals surface area contributed by atoms with Gasteiger partial charge in [0.15, 0.2) is 15.1 Å². The van der Waals surface area contributed by atoms with Crippen molar-refractivity contribution in [3.8, 4) is 11.3 Å². The van der Waals surface area contributed by atoms with Gasteiger partial charge < -0.3 is 4.90 Å². The number of hydrogen-bond acceptors (Lipinski definition) is 7. The Labute approximate surface area is 202 Å². The Kier molecular flexibility index (Phi) is 6.54. The van der Waals surface area contributed by atoms with E-state index < -0.39 is 0 Å². The summed E-state index contributed by atoms with van der Waals surface area (Å²) in [5, 5.41) is 13.6. The van der Waals surface area contributed by atoms with E-state index in [4.69, 9.17) is 11.6 Å². The molecule has 168 valence electrons. The standard InChI is InChI=1S/C25H26N6S2/c1-7-31(8-2)24-27-19(18-14-13-16-11-9-10-12-17(16)15-18)22(32-24)28-29-23-20(26-6)21(30-33-23)25(3,4)5/h9-15H,7-8H2,1-5H3. The number of aromatic nitrogens is 2. The molecule has 0 bridgehead atoms. The summed E-state index contributed by atoms with van der Waals surface area (Å²) in [5.41, 5.74) is 2.83. The van der Waals surface area contributed by atoms with Gasteiger partial charge in [-0.15, -0.1) is 10.2 Å². The summed E-state index contributed by atoms with van der Waals surface area (Å²) in [6.45, 7) is 19.8. The number of azo groups is 1. The fourth-order valence-electron chi connectivity index (χ4n) is 3.55. The average molecular weight is 475 g/mol. The van der Waals surface area contributed by atoms with Crippen molar-refractivity contribution in [2.75, 3.05) is 18.0 Å². The van der Waals surface area contributed by atoms with Crippen LogP contribution in [0.15, 0.2) is 52.7 Å². The van der Waals surface area contributed by atoms with Crippen molar-refractivity contribution in [3.63, 3.8) is 0 Å². The summed E-state index contributed by atoms with van der Waals surface area (Å²) in [6, 6.07) is 14.6. The molecule has 33 heavy (non-hydrogen) atoms. The molecule has 0 N–H and O–H groups in total. The number of hydrogen-bond donors (Lipinski definition) is 0. The maximum Gasteiger partial charge on any atom is 0.248 e. The Morgan fingerprint density at radius 1 is 1.00 bits per heavy atom. The molecule has 0 atom stereocenters. The van der Waals surface area contributed by atoms with Gasteiger partial charge in [0, 0.05) is 18.7 Å². The summed E-state index contributed by atoms with van der Waals surface area (Å²) in [7, 11) is 0. The molecule has 8 heteroatoms. The molecular weight excluding hydrogens is 448 g/mol. The zero-order valence-corrected chi connectivity index (χ0v) is 21.1. The highest BCUT2D eigenvalue weighted by atomic mass is 32.1. The normalized spacial score (nSPS) is 11.9. The van der Waals surface area contributed by atoms with Crippen LogP contribution in [0.5, 0.6) is 0 Å². The van der Waals surface area contributed by atoms with Crippen molar-refractivity contribution in [2.45, 2.75) is 40.0 Å². The molecule has 2 heterocycles. The second-order valence-electron chi connectivity index (χ2n) is 8.63. The highest BCUT2D eigenvalue weighted by molar-refractivity contribution is 7.19. The molecule has 0 saturated carbocycles. The van der Waals surface area contributed by atoms with Gasteiger partial charge in [0.25, 0.3) is 0 Å². The van der Waals surface area contributed by atoms with Crippen molar-refractivity contribution in [3.05, 3.63) is 59.6 Å². The van der Waals surface area contributed by atoms with Gasteiger partial charge in [-0.25, -0.2) is 14.2 Å². The van der Waals surface area contributed by atoms with Crippen LogP contribution in [-0.2, 0) is 5.41 Å². The number of thiazole rings is 1. The van der Waals surface area contributed by atoms with E-state index in [0.717, 1.165) is 45.6 Å². The van der Waals surface area contributed by atoms with Crippen molar-refractivity contribution < 1.29 is 0 Å². The molecule has 2 aromatic heterocycles. The van der Waals surface area contributed by atoms with E-state index in [9.17, 15) is 0 Å². The molecule has 0 radical (unpaired) electrons. The first kappa shape index (κ1) is 23.0. The van der Waals surface area contributed by atoms with Gasteiger partial charge in [0.2, 0.25) is 5.69 Å². The second-order valence-corrected chi connectivity index (χ2v) is 10.3. The quantitative estimate of drug-likeness (QED) is 0.208. The second kappa shape index (κ2) is 9.38. The van der Waals surface area contributed by atoms with Crippen LogP contribution in [-0.4, -0.2) is 22.4 Å². The van der Waals surface area contributed by atoms with Crippen molar-refractivity contribution in [2.24, 2.45) is 10.2 Å². The first-order valence-electron chi connectivity index (χ1n) is 10.9. The first-order chi connectivity index (χ1) is 15.9. The molecular formula is C25H26N6S2. The van der Waals surface area contributed by atoms with E-state index in [1.807, 2.05) is 12.1 Å². The van der Waals surface area contributed by atoms with Gasteiger partial charge in [-0.1, -0.05) is 68.5 Å². The van der Waals surface area contributed by atoms with Crippen LogP contribution in [0.1, 0.15) is 40.3 Å². The van der Waals surface area contributed by atoms with Crippen LogP contribution in [0.25, 0.3) is 26.9 Å². The molecule has 0 aliphatic heterocycles. The summed E-state index contributed by atoms with van der Waals surface area (Å²) < 4.78 is 4.50. The highest BCUT2D eigenvalue weighted by Gasteiger charge is 2.25. The lowest BCUT2D eigenvalue weighted by Crippen LogP contribution is -2.21. The highest BCUT2D eigenvalue weighted by Crippen LogP contribution is 2.45. The lowest BCUT2D eigenvalue weighted by atomic mass is 9.91. The molecule has 0 aliphatic rings. The molecule has 0 aliphatic carbocycles. The predicted octanol–water partition coefficient (Wildman–Crippen LogP) is 8.53. The van der Waals surface area contributed by atoms with Crippen molar-refractivity contribution in [1.82, 2.24) is 9.36 Å². The molecule has 6 nitrogen and oxygen atoms in total. The van der Waals surface area contributed by atoms with Gasteiger partial charge in [-0.2, -0.15) is 0 Å². The summed E-state index contributed by atoms with van der Waals surface area (Å²) >= 11 is 2.75. The predicted molar refractivity (Wildman–Crippen MR) is 140 cm³/mol. The Hall–Kier alpha value is -3.15. The van der Waals surface area contributed by atoms with E-state index in [2.05, 4.69) is 89.3 Å². The minimum atomic E-state index is -0.221. The molecule has 0 amide bonds. The third-order valence-electron chi connectivity index (χ3n) is 5.36. The maximum absolute atomic E-state index is 7.64. The minimum absolute atomic E-state index is 0.221. The molecule has 0 fully saturated rings. The van der Waals surface area contributed by atoms with Gasteiger partial charge in [0.1, 0.15) is 5.69 Å². The minimum Gasteiger partial charge on any atom is -0.349 e. The Bertz CT molecular complexity index is 1350. The summed E-state index contributed by atoms with van der Waals surface area (Å²) in [5.74, 6) is 0. The van der Waals surface area contributed by atoms with E-state index in [-0.39, 0.29) is 5.41 Å². The van der Waals surface area contributed by atoms with Crippen LogP contribution < -0.4 is 4.90 Å². The monoisotopic (exact) mass is 474 g/mol. The van der Waals surface area contributed by atoms with Crippen LogP contribution in [0.4, 0.5) is 20.8 Å². The third kappa shape index (κ3) is 4.65. The zero-order chi connectivity index (χ0) is 23.6. The number of anilines is 1. The first-order valence-corrected chi connectivity index (χ1v) is 12.5. The Morgan fingerprint density at radius 2 is 1.70 bits per heavy atom. The lowest BCUT2D eigenvalue weighted by Gasteiger charge is -2.16. The smallest absolute Gasteiger partial charge is 0.248 e. The SMILES string of the molecule is [C-]#[N+]c1c(C(C)(C)C)nsc1N=Nc1sc(N(CC)CC)nc1-c1ccc2ccccc2c1. The number of benzene rings is 2. The molecule has 0 saturated heterocycles. The largest absolute Gasteiger partial charge is 0.349 e. The summed E-state index contributed by atoms with van der Waals surface area (Å²) in [6.07, 6.45) is 0. The van der Waals surface area contributed by atoms with E-state index in [1.165, 1.54) is 28.3 Å². The topological polar surface area (TPSA) is 58.1 Å². The van der Waals surface area contributed by atoms with Gasteiger partial charge in [-0.3, -0.25) is 0 Å². The van der Waals surface area contributed by atoms with Crippen LogP contribution in [0.3, 0.4) is 0 Å². The van der Waals surface area contributed by atoms with Crippen molar-refractivity contribution in [1.29, 1.82) is 0 Å². The number of rotatable bonds is 6. The maximum atomic E-state index is 7.64. The van der Waals surface area contributed by atoms with Crippen LogP contribution in [0, 0.1) is 6.57 Å². The van der Waals surface area contributed by atoms with Gasteiger partial charge >= 0.3 is 0 Å². The molecule has 0 unspecified atom stereocenters. The van der Waals surface area contributed by atoms with E-state index >= 15 is 0 Å². The molecule has 4 aromatic rings. The summed E-state index contributed by atoms with van der Waals surface area (Å²) in [4.78, 5) is 10.9. The third-order valence-corrected chi connectivity index (χ3v) is 7.08. The fourth-order valence-corrected chi connectivity index (χ4v) is 5.43. The fraction of sp³-hybridized carbons (Fsp3) is 0.320. The number of fused-ring (bicyclic) bond motifs is 1. The molecule has 4 rings (SSSR count). The van der Waals surface area contributed by atoms with Crippen molar-refractivity contribution >= 4 is 54.5 Å². The van der Waals surface area contributed by atoms with Gasteiger partial charge in [0.05, 0.1) is 12.3 Å². The van der Waals surface area contributed by atoms with E-state index in [0.29, 0.717) is 10.7 Å². The van der Waals surface area contributed by atoms with Gasteiger partial charge in [-0.05, 0) is 47.6 Å². The Balaban J connectivity index is 1.81. The molecule has 2 aromatic carbocycles. The Morgan fingerprint density at radius 3 is 2.36 bits per heavy atom. The zero-order valence-electron chi connectivity index (χ0n) is 19.5. The lowest BCUT2D eigenvalue weighted by molar-refractivity contribution is 0.579.